The highest BCUT2D eigenvalue weighted by Crippen LogP contribution is 2.25. The number of amides is 1. The Labute approximate surface area is 100 Å². The van der Waals surface area contributed by atoms with Gasteiger partial charge in [-0.1, -0.05) is 0 Å². The fourth-order valence-electron chi connectivity index (χ4n) is 2.16. The predicted octanol–water partition coefficient (Wildman–Crippen LogP) is 0.281. The minimum absolute atomic E-state index is 0.242. The van der Waals surface area contributed by atoms with Gasteiger partial charge in [0.1, 0.15) is 23.5 Å². The smallest absolute Gasteiger partial charge is 0.240 e. The molecular weight excluding hydrogens is 218 g/mol. The third-order valence-electron chi connectivity index (χ3n) is 2.96. The van der Waals surface area contributed by atoms with E-state index >= 15 is 0 Å². The van der Waals surface area contributed by atoms with E-state index in [1.165, 1.54) is 0 Å². The zero-order chi connectivity index (χ0) is 12.4. The maximum atomic E-state index is 11.3. The molecule has 17 heavy (non-hydrogen) atoms. The minimum atomic E-state index is -0.287. The minimum Gasteiger partial charge on any atom is -0.373 e. The van der Waals surface area contributed by atoms with Crippen LogP contribution in [0.1, 0.15) is 18.7 Å². The van der Waals surface area contributed by atoms with Crippen LogP contribution in [0.5, 0.6) is 0 Å². The molecule has 0 aromatic carbocycles. The molecule has 1 fully saturated rings. The lowest BCUT2D eigenvalue weighted by molar-refractivity contribution is -0.119. The monoisotopic (exact) mass is 235 g/mol. The van der Waals surface area contributed by atoms with Crippen molar-refractivity contribution in [1.82, 2.24) is 9.97 Å². The van der Waals surface area contributed by atoms with Crippen LogP contribution in [0.25, 0.3) is 0 Å². The normalized spacial score (nSPS) is 19.4. The van der Waals surface area contributed by atoms with Crippen molar-refractivity contribution < 1.29 is 4.79 Å². The number of hydrogen-bond acceptors (Lipinski definition) is 5. The van der Waals surface area contributed by atoms with E-state index in [1.807, 2.05) is 17.9 Å². The molecule has 1 aliphatic heterocycles. The number of aryl methyl sites for hydroxylation is 1. The summed E-state index contributed by atoms with van der Waals surface area (Å²) in [6.07, 6.45) is 1.76. The van der Waals surface area contributed by atoms with Crippen LogP contribution >= 0.6 is 0 Å². The molecular formula is C11H17N5O. The number of anilines is 2. The molecule has 0 spiro atoms. The number of primary amides is 1. The second-order valence-electron chi connectivity index (χ2n) is 4.16. The second-order valence-corrected chi connectivity index (χ2v) is 4.16. The quantitative estimate of drug-likeness (QED) is 0.786. The lowest BCUT2D eigenvalue weighted by Gasteiger charge is -2.23. The highest BCUT2D eigenvalue weighted by atomic mass is 16.1. The van der Waals surface area contributed by atoms with Crippen molar-refractivity contribution in [2.45, 2.75) is 25.8 Å². The molecule has 3 N–H and O–H groups in total. The van der Waals surface area contributed by atoms with Crippen LogP contribution in [-0.4, -0.2) is 35.5 Å². The van der Waals surface area contributed by atoms with E-state index in [0.717, 1.165) is 31.0 Å². The predicted molar refractivity (Wildman–Crippen MR) is 65.9 cm³/mol. The Morgan fingerprint density at radius 2 is 2.35 bits per heavy atom. The lowest BCUT2D eigenvalue weighted by Crippen LogP contribution is -2.40. The van der Waals surface area contributed by atoms with Crippen LogP contribution in [-0.2, 0) is 4.79 Å². The molecule has 1 aromatic rings. The van der Waals surface area contributed by atoms with Gasteiger partial charge in [-0.05, 0) is 19.8 Å². The Morgan fingerprint density at radius 3 is 3.00 bits per heavy atom. The Bertz CT molecular complexity index is 434. The summed E-state index contributed by atoms with van der Waals surface area (Å²) in [5.74, 6) is 1.91. The molecule has 6 heteroatoms. The first kappa shape index (κ1) is 11.6. The second kappa shape index (κ2) is 4.57. The standard InChI is InChI=1S/C11H17N5O/c1-7-14-9(13-2)6-10(15-7)16-5-3-4-8(16)11(12)17/h6,8H,3-5H2,1-2H3,(H2,12,17)(H,13,14,15). The van der Waals surface area contributed by atoms with Gasteiger partial charge in [-0.2, -0.15) is 0 Å². The van der Waals surface area contributed by atoms with E-state index in [-0.39, 0.29) is 11.9 Å². The van der Waals surface area contributed by atoms with E-state index in [1.54, 1.807) is 7.05 Å². The SMILES string of the molecule is CNc1cc(N2CCCC2C(N)=O)nc(C)n1. The summed E-state index contributed by atoms with van der Waals surface area (Å²) in [5, 5.41) is 2.98. The van der Waals surface area contributed by atoms with Gasteiger partial charge in [0.05, 0.1) is 0 Å². The van der Waals surface area contributed by atoms with Crippen LogP contribution in [0.3, 0.4) is 0 Å². The number of aromatic nitrogens is 2. The van der Waals surface area contributed by atoms with Gasteiger partial charge in [-0.25, -0.2) is 9.97 Å². The summed E-state index contributed by atoms with van der Waals surface area (Å²) in [4.78, 5) is 21.9. The van der Waals surface area contributed by atoms with Crippen molar-refractivity contribution in [3.63, 3.8) is 0 Å². The molecule has 2 rings (SSSR count). The van der Waals surface area contributed by atoms with Gasteiger partial charge in [-0.3, -0.25) is 4.79 Å². The Hall–Kier alpha value is -1.85. The van der Waals surface area contributed by atoms with E-state index in [4.69, 9.17) is 5.73 Å². The van der Waals surface area contributed by atoms with Gasteiger partial charge in [0.15, 0.2) is 0 Å². The van der Waals surface area contributed by atoms with Gasteiger partial charge in [0.2, 0.25) is 5.91 Å². The number of carbonyl (C=O) groups is 1. The van der Waals surface area contributed by atoms with Crippen LogP contribution in [0.4, 0.5) is 11.6 Å². The molecule has 0 bridgehead atoms. The number of nitrogens with two attached hydrogens (primary N) is 1. The van der Waals surface area contributed by atoms with Crippen molar-refractivity contribution in [1.29, 1.82) is 0 Å². The molecule has 0 saturated carbocycles. The van der Waals surface area contributed by atoms with Gasteiger partial charge < -0.3 is 16.0 Å². The third-order valence-corrected chi connectivity index (χ3v) is 2.96. The van der Waals surface area contributed by atoms with Crippen LogP contribution < -0.4 is 16.0 Å². The Kier molecular flexibility index (Phi) is 3.12. The van der Waals surface area contributed by atoms with Crippen molar-refractivity contribution in [3.8, 4) is 0 Å². The van der Waals surface area contributed by atoms with Crippen molar-refractivity contribution in [3.05, 3.63) is 11.9 Å². The molecule has 1 atom stereocenters. The molecule has 6 nitrogen and oxygen atoms in total. The lowest BCUT2D eigenvalue weighted by atomic mass is 10.2. The Balaban J connectivity index is 2.32. The summed E-state index contributed by atoms with van der Waals surface area (Å²) in [7, 11) is 1.81. The van der Waals surface area contributed by atoms with Crippen LogP contribution in [0.15, 0.2) is 6.07 Å². The number of hydrogen-bond donors (Lipinski definition) is 2. The topological polar surface area (TPSA) is 84.1 Å². The number of rotatable bonds is 3. The van der Waals surface area contributed by atoms with Gasteiger partial charge in [0.25, 0.3) is 0 Å². The third kappa shape index (κ3) is 2.30. The van der Waals surface area contributed by atoms with Crippen molar-refractivity contribution >= 4 is 17.5 Å². The van der Waals surface area contributed by atoms with E-state index in [9.17, 15) is 4.79 Å². The van der Waals surface area contributed by atoms with Crippen LogP contribution in [0, 0.1) is 6.92 Å². The fraction of sp³-hybridized carbons (Fsp3) is 0.545. The summed E-state index contributed by atoms with van der Waals surface area (Å²) < 4.78 is 0. The maximum absolute atomic E-state index is 11.3. The zero-order valence-corrected chi connectivity index (χ0v) is 10.1. The van der Waals surface area contributed by atoms with Gasteiger partial charge in [0, 0.05) is 19.7 Å². The molecule has 1 amide bonds. The summed E-state index contributed by atoms with van der Waals surface area (Å²) in [5.41, 5.74) is 5.39. The molecule has 92 valence electrons. The van der Waals surface area contributed by atoms with Crippen molar-refractivity contribution in [2.75, 3.05) is 23.8 Å². The molecule has 1 aliphatic rings. The number of carbonyl (C=O) groups excluding carboxylic acids is 1. The Morgan fingerprint density at radius 1 is 1.59 bits per heavy atom. The first-order chi connectivity index (χ1) is 8.11. The molecule has 2 heterocycles. The molecule has 0 aliphatic carbocycles. The summed E-state index contributed by atoms with van der Waals surface area (Å²) in [6.45, 7) is 2.65. The molecule has 1 unspecified atom stereocenters. The highest BCUT2D eigenvalue weighted by Gasteiger charge is 2.30. The number of nitrogens with zero attached hydrogens (tertiary/aromatic N) is 3. The average Bonchev–Trinajstić information content (AvgIpc) is 2.77. The van der Waals surface area contributed by atoms with Crippen LogP contribution in [0.2, 0.25) is 0 Å². The summed E-state index contributed by atoms with van der Waals surface area (Å²) >= 11 is 0. The number of nitrogens with one attached hydrogen (secondary N) is 1. The average molecular weight is 235 g/mol. The largest absolute Gasteiger partial charge is 0.373 e. The van der Waals surface area contributed by atoms with E-state index in [2.05, 4.69) is 15.3 Å². The molecule has 1 aromatic heterocycles. The first-order valence-electron chi connectivity index (χ1n) is 5.71. The van der Waals surface area contributed by atoms with E-state index < -0.39 is 0 Å². The van der Waals surface area contributed by atoms with E-state index in [0.29, 0.717) is 5.82 Å². The fourth-order valence-corrected chi connectivity index (χ4v) is 2.16. The van der Waals surface area contributed by atoms with Crippen molar-refractivity contribution in [2.24, 2.45) is 5.73 Å². The zero-order valence-electron chi connectivity index (χ0n) is 10.1. The van der Waals surface area contributed by atoms with Gasteiger partial charge >= 0.3 is 0 Å². The molecule has 0 radical (unpaired) electrons. The highest BCUT2D eigenvalue weighted by molar-refractivity contribution is 5.84. The van der Waals surface area contributed by atoms with Gasteiger partial charge in [-0.15, -0.1) is 0 Å². The maximum Gasteiger partial charge on any atom is 0.240 e. The summed E-state index contributed by atoms with van der Waals surface area (Å²) in [6, 6.07) is 1.60. The molecule has 1 saturated heterocycles. The first-order valence-corrected chi connectivity index (χ1v) is 5.71.